The predicted molar refractivity (Wildman–Crippen MR) is 62.6 cm³/mol. The monoisotopic (exact) mass is 215 g/mol. The van der Waals surface area contributed by atoms with Gasteiger partial charge in [-0.15, -0.1) is 0 Å². The summed E-state index contributed by atoms with van der Waals surface area (Å²) >= 11 is 1.99. The third-order valence-electron chi connectivity index (χ3n) is 2.24. The predicted octanol–water partition coefficient (Wildman–Crippen LogP) is 2.43. The lowest BCUT2D eigenvalue weighted by Gasteiger charge is -2.18. The molecule has 1 atom stereocenters. The average Bonchev–Trinajstić information content (AvgIpc) is 2.49. The van der Waals surface area contributed by atoms with E-state index < -0.39 is 0 Å². The first-order valence-corrected chi connectivity index (χ1v) is 6.40. The standard InChI is InChI=1S/C11H21NOS/c1-11(2,3)7-10(13)12-8-9-5-4-6-14-9/h9H,4-8H2,1-3H3,(H,12,13). The van der Waals surface area contributed by atoms with E-state index in [1.165, 1.54) is 18.6 Å². The number of amides is 1. The van der Waals surface area contributed by atoms with Crippen LogP contribution in [0.5, 0.6) is 0 Å². The first-order chi connectivity index (χ1) is 6.47. The van der Waals surface area contributed by atoms with Crippen LogP contribution in [0.3, 0.4) is 0 Å². The van der Waals surface area contributed by atoms with Crippen molar-refractivity contribution in [3.63, 3.8) is 0 Å². The molecule has 1 rings (SSSR count). The minimum absolute atomic E-state index is 0.104. The summed E-state index contributed by atoms with van der Waals surface area (Å²) in [5.41, 5.74) is 0.104. The first kappa shape index (κ1) is 11.9. The molecule has 0 saturated carbocycles. The van der Waals surface area contributed by atoms with Gasteiger partial charge in [0.1, 0.15) is 0 Å². The molecule has 14 heavy (non-hydrogen) atoms. The lowest BCUT2D eigenvalue weighted by atomic mass is 9.92. The van der Waals surface area contributed by atoms with E-state index in [4.69, 9.17) is 0 Å². The topological polar surface area (TPSA) is 29.1 Å². The third-order valence-corrected chi connectivity index (χ3v) is 3.64. The Morgan fingerprint density at radius 3 is 2.71 bits per heavy atom. The molecule has 3 heteroatoms. The van der Waals surface area contributed by atoms with Crippen LogP contribution in [0.1, 0.15) is 40.0 Å². The second kappa shape index (κ2) is 5.06. The van der Waals surface area contributed by atoms with Crippen molar-refractivity contribution in [2.75, 3.05) is 12.3 Å². The van der Waals surface area contributed by atoms with E-state index in [2.05, 4.69) is 26.1 Å². The maximum atomic E-state index is 11.5. The van der Waals surface area contributed by atoms with Crippen LogP contribution in [0.4, 0.5) is 0 Å². The highest BCUT2D eigenvalue weighted by Crippen LogP contribution is 2.25. The molecule has 0 radical (unpaired) electrons. The lowest BCUT2D eigenvalue weighted by molar-refractivity contribution is -0.122. The van der Waals surface area contributed by atoms with Crippen molar-refractivity contribution in [3.05, 3.63) is 0 Å². The zero-order valence-corrected chi connectivity index (χ0v) is 10.2. The molecule has 1 unspecified atom stereocenters. The van der Waals surface area contributed by atoms with Gasteiger partial charge in [-0.2, -0.15) is 11.8 Å². The highest BCUT2D eigenvalue weighted by Gasteiger charge is 2.19. The van der Waals surface area contributed by atoms with Gasteiger partial charge in [0.15, 0.2) is 0 Å². The Morgan fingerprint density at radius 2 is 2.21 bits per heavy atom. The number of hydrogen-bond donors (Lipinski definition) is 1. The van der Waals surface area contributed by atoms with Gasteiger partial charge in [-0.3, -0.25) is 4.79 Å². The second-order valence-electron chi connectivity index (χ2n) is 5.18. The molecule has 1 N–H and O–H groups in total. The summed E-state index contributed by atoms with van der Waals surface area (Å²) in [6.07, 6.45) is 3.20. The van der Waals surface area contributed by atoms with Gasteiger partial charge in [-0.05, 0) is 24.0 Å². The van der Waals surface area contributed by atoms with Crippen molar-refractivity contribution in [2.24, 2.45) is 5.41 Å². The first-order valence-electron chi connectivity index (χ1n) is 5.36. The molecule has 1 fully saturated rings. The molecule has 1 aliphatic heterocycles. The fraction of sp³-hybridized carbons (Fsp3) is 0.909. The molecule has 2 nitrogen and oxygen atoms in total. The van der Waals surface area contributed by atoms with Gasteiger partial charge < -0.3 is 5.32 Å². The molecule has 0 spiro atoms. The van der Waals surface area contributed by atoms with E-state index in [0.29, 0.717) is 11.7 Å². The summed E-state index contributed by atoms with van der Waals surface area (Å²) in [6.45, 7) is 7.14. The second-order valence-corrected chi connectivity index (χ2v) is 6.58. The molecule has 0 aromatic rings. The largest absolute Gasteiger partial charge is 0.355 e. The van der Waals surface area contributed by atoms with Crippen LogP contribution < -0.4 is 5.32 Å². The van der Waals surface area contributed by atoms with E-state index in [0.717, 1.165) is 6.54 Å². The van der Waals surface area contributed by atoms with Gasteiger partial charge in [-0.1, -0.05) is 20.8 Å². The van der Waals surface area contributed by atoms with Crippen LogP contribution in [0, 0.1) is 5.41 Å². The number of hydrogen-bond acceptors (Lipinski definition) is 2. The fourth-order valence-corrected chi connectivity index (χ4v) is 2.78. The van der Waals surface area contributed by atoms with E-state index >= 15 is 0 Å². The summed E-state index contributed by atoms with van der Waals surface area (Å²) < 4.78 is 0. The quantitative estimate of drug-likeness (QED) is 0.783. The van der Waals surface area contributed by atoms with Crippen molar-refractivity contribution >= 4 is 17.7 Å². The highest BCUT2D eigenvalue weighted by atomic mass is 32.2. The number of rotatable bonds is 3. The SMILES string of the molecule is CC(C)(C)CC(=O)NCC1CCCS1. The molecule has 0 bridgehead atoms. The van der Waals surface area contributed by atoms with Crippen LogP contribution in [-0.4, -0.2) is 23.5 Å². The Kier molecular flexibility index (Phi) is 4.30. The van der Waals surface area contributed by atoms with Gasteiger partial charge in [0, 0.05) is 18.2 Å². The summed E-state index contributed by atoms with van der Waals surface area (Å²) in [5.74, 6) is 1.46. The number of carbonyl (C=O) groups is 1. The van der Waals surface area contributed by atoms with Crippen molar-refractivity contribution in [1.82, 2.24) is 5.32 Å². The van der Waals surface area contributed by atoms with Crippen molar-refractivity contribution in [1.29, 1.82) is 0 Å². The van der Waals surface area contributed by atoms with E-state index in [-0.39, 0.29) is 11.3 Å². The molecule has 82 valence electrons. The fourth-order valence-electron chi connectivity index (χ4n) is 1.58. The lowest BCUT2D eigenvalue weighted by Crippen LogP contribution is -2.32. The van der Waals surface area contributed by atoms with Crippen LogP contribution >= 0.6 is 11.8 Å². The van der Waals surface area contributed by atoms with Crippen LogP contribution in [0.2, 0.25) is 0 Å². The Hall–Kier alpha value is -0.180. The maximum absolute atomic E-state index is 11.5. The minimum atomic E-state index is 0.104. The van der Waals surface area contributed by atoms with Gasteiger partial charge in [-0.25, -0.2) is 0 Å². The summed E-state index contributed by atoms with van der Waals surface area (Å²) in [5, 5.41) is 3.69. The van der Waals surface area contributed by atoms with Crippen LogP contribution in [-0.2, 0) is 4.79 Å². The highest BCUT2D eigenvalue weighted by molar-refractivity contribution is 8.00. The molecule has 0 aliphatic carbocycles. The normalized spacial score (nSPS) is 22.4. The molecule has 1 amide bonds. The average molecular weight is 215 g/mol. The van der Waals surface area contributed by atoms with E-state index in [1.807, 2.05) is 11.8 Å². The summed E-state index contributed by atoms with van der Waals surface area (Å²) in [4.78, 5) is 11.5. The molecule has 1 heterocycles. The summed E-state index contributed by atoms with van der Waals surface area (Å²) in [6, 6.07) is 0. The Morgan fingerprint density at radius 1 is 1.50 bits per heavy atom. The summed E-state index contributed by atoms with van der Waals surface area (Å²) in [7, 11) is 0. The number of nitrogens with one attached hydrogen (secondary N) is 1. The molecular formula is C11H21NOS. The van der Waals surface area contributed by atoms with Gasteiger partial charge >= 0.3 is 0 Å². The zero-order chi connectivity index (χ0) is 10.6. The molecule has 1 saturated heterocycles. The maximum Gasteiger partial charge on any atom is 0.220 e. The van der Waals surface area contributed by atoms with Gasteiger partial charge in [0.2, 0.25) is 5.91 Å². The Bertz CT molecular complexity index is 192. The van der Waals surface area contributed by atoms with Crippen LogP contribution in [0.15, 0.2) is 0 Å². The molecular weight excluding hydrogens is 194 g/mol. The smallest absolute Gasteiger partial charge is 0.220 e. The van der Waals surface area contributed by atoms with Gasteiger partial charge in [0.05, 0.1) is 0 Å². The Balaban J connectivity index is 2.14. The third kappa shape index (κ3) is 4.89. The van der Waals surface area contributed by atoms with Crippen molar-refractivity contribution < 1.29 is 4.79 Å². The van der Waals surface area contributed by atoms with Crippen LogP contribution in [0.25, 0.3) is 0 Å². The Labute approximate surface area is 91.2 Å². The number of carbonyl (C=O) groups excluding carboxylic acids is 1. The molecule has 1 aliphatic rings. The van der Waals surface area contributed by atoms with E-state index in [9.17, 15) is 4.79 Å². The minimum Gasteiger partial charge on any atom is -0.355 e. The zero-order valence-electron chi connectivity index (χ0n) is 9.43. The van der Waals surface area contributed by atoms with E-state index in [1.54, 1.807) is 0 Å². The van der Waals surface area contributed by atoms with Crippen molar-refractivity contribution in [3.8, 4) is 0 Å². The molecule has 0 aromatic heterocycles. The number of thioether (sulfide) groups is 1. The van der Waals surface area contributed by atoms with Crippen molar-refractivity contribution in [2.45, 2.75) is 45.3 Å². The molecule has 0 aromatic carbocycles. The van der Waals surface area contributed by atoms with Gasteiger partial charge in [0.25, 0.3) is 0 Å².